The van der Waals surface area contributed by atoms with Gasteiger partial charge in [0.05, 0.1) is 19.6 Å². The second-order valence-corrected chi connectivity index (χ2v) is 3.65. The molecule has 0 aliphatic heterocycles. The Morgan fingerprint density at radius 2 is 2.06 bits per heavy atom. The summed E-state index contributed by atoms with van der Waals surface area (Å²) in [6, 6.07) is 0. The van der Waals surface area contributed by atoms with Crippen molar-refractivity contribution in [3.63, 3.8) is 0 Å². The third kappa shape index (κ3) is 2.15. The van der Waals surface area contributed by atoms with Crippen molar-refractivity contribution in [3.05, 3.63) is 0 Å². The minimum atomic E-state index is -1.22. The van der Waals surface area contributed by atoms with E-state index in [9.17, 15) is 14.4 Å². The summed E-state index contributed by atoms with van der Waals surface area (Å²) < 4.78 is 9.37. The van der Waals surface area contributed by atoms with Crippen LogP contribution in [0.5, 0.6) is 0 Å². The molecule has 1 rings (SSSR count). The first-order chi connectivity index (χ1) is 7.47. The van der Waals surface area contributed by atoms with Crippen LogP contribution in [0.3, 0.4) is 0 Å². The highest BCUT2D eigenvalue weighted by molar-refractivity contribution is 5.98. The summed E-state index contributed by atoms with van der Waals surface area (Å²) in [5.74, 6) is -2.11. The molecule has 1 saturated carbocycles. The zero-order valence-corrected chi connectivity index (χ0v) is 9.53. The van der Waals surface area contributed by atoms with Gasteiger partial charge < -0.3 is 14.8 Å². The fraction of sp³-hybridized carbons (Fsp3) is 0.700. The van der Waals surface area contributed by atoms with Crippen LogP contribution in [-0.4, -0.2) is 37.1 Å². The highest BCUT2D eigenvalue weighted by atomic mass is 16.5. The number of amides is 1. The highest BCUT2D eigenvalue weighted by Gasteiger charge is 2.66. The lowest BCUT2D eigenvalue weighted by Gasteiger charge is -2.15. The number of esters is 2. The summed E-state index contributed by atoms with van der Waals surface area (Å²) in [5.41, 5.74) is -1.22. The number of rotatable bonds is 4. The lowest BCUT2D eigenvalue weighted by Crippen LogP contribution is -2.46. The molecule has 1 N–H and O–H groups in total. The molecule has 0 radical (unpaired) electrons. The Morgan fingerprint density at radius 3 is 2.50 bits per heavy atom. The van der Waals surface area contributed by atoms with Gasteiger partial charge in [0.2, 0.25) is 5.91 Å². The Labute approximate surface area is 93.3 Å². The second kappa shape index (κ2) is 4.51. The molecule has 2 atom stereocenters. The monoisotopic (exact) mass is 229 g/mol. The molecule has 1 aliphatic carbocycles. The fourth-order valence-corrected chi connectivity index (χ4v) is 1.70. The number of carbonyl (C=O) groups is 3. The van der Waals surface area contributed by atoms with Gasteiger partial charge in [-0.2, -0.15) is 0 Å². The standard InChI is InChI=1S/C10H15NO5/c1-4-16-8(13)7-5-10(7,9(14)15-3)11-6(2)12/h7H,4-5H2,1-3H3,(H,11,12). The maximum atomic E-state index is 11.5. The zero-order valence-electron chi connectivity index (χ0n) is 9.53. The van der Waals surface area contributed by atoms with Gasteiger partial charge in [0.15, 0.2) is 5.54 Å². The van der Waals surface area contributed by atoms with Crippen molar-refractivity contribution in [2.24, 2.45) is 5.92 Å². The molecule has 0 saturated heterocycles. The van der Waals surface area contributed by atoms with E-state index in [0.29, 0.717) is 0 Å². The van der Waals surface area contributed by atoms with Gasteiger partial charge in [-0.15, -0.1) is 0 Å². The van der Waals surface area contributed by atoms with E-state index in [-0.39, 0.29) is 18.9 Å². The van der Waals surface area contributed by atoms with Gasteiger partial charge in [-0.25, -0.2) is 4.79 Å². The number of methoxy groups -OCH3 is 1. The van der Waals surface area contributed by atoms with Crippen LogP contribution >= 0.6 is 0 Å². The summed E-state index contributed by atoms with van der Waals surface area (Å²) in [5, 5.41) is 2.46. The van der Waals surface area contributed by atoms with Crippen molar-refractivity contribution in [1.82, 2.24) is 5.32 Å². The van der Waals surface area contributed by atoms with Crippen LogP contribution in [0.15, 0.2) is 0 Å². The number of carbonyl (C=O) groups excluding carboxylic acids is 3. The average molecular weight is 229 g/mol. The van der Waals surface area contributed by atoms with Gasteiger partial charge in [-0.1, -0.05) is 0 Å². The van der Waals surface area contributed by atoms with Crippen molar-refractivity contribution < 1.29 is 23.9 Å². The minimum Gasteiger partial charge on any atom is -0.467 e. The lowest BCUT2D eigenvalue weighted by molar-refractivity contribution is -0.152. The Bertz CT molecular complexity index is 327. The van der Waals surface area contributed by atoms with E-state index in [2.05, 4.69) is 10.1 Å². The lowest BCUT2D eigenvalue weighted by atomic mass is 10.2. The van der Waals surface area contributed by atoms with E-state index in [4.69, 9.17) is 4.74 Å². The van der Waals surface area contributed by atoms with Crippen LogP contribution in [0.1, 0.15) is 20.3 Å². The summed E-state index contributed by atoms with van der Waals surface area (Å²) in [6.07, 6.45) is 0.234. The fourth-order valence-electron chi connectivity index (χ4n) is 1.70. The number of ether oxygens (including phenoxy) is 2. The van der Waals surface area contributed by atoms with Gasteiger partial charge in [0.1, 0.15) is 0 Å². The maximum Gasteiger partial charge on any atom is 0.332 e. The van der Waals surface area contributed by atoms with Crippen molar-refractivity contribution >= 4 is 17.8 Å². The van der Waals surface area contributed by atoms with Gasteiger partial charge in [0.25, 0.3) is 0 Å². The van der Waals surface area contributed by atoms with E-state index in [1.165, 1.54) is 14.0 Å². The molecule has 6 nitrogen and oxygen atoms in total. The molecule has 0 aromatic heterocycles. The Kier molecular flexibility index (Phi) is 3.51. The molecule has 0 aromatic carbocycles. The summed E-state index contributed by atoms with van der Waals surface area (Å²) in [4.78, 5) is 33.9. The van der Waals surface area contributed by atoms with Crippen LogP contribution in [0.25, 0.3) is 0 Å². The molecular formula is C10H15NO5. The first-order valence-electron chi connectivity index (χ1n) is 5.01. The van der Waals surface area contributed by atoms with E-state index in [1.54, 1.807) is 6.92 Å². The second-order valence-electron chi connectivity index (χ2n) is 3.65. The summed E-state index contributed by atoms with van der Waals surface area (Å²) in [6.45, 7) is 3.20. The predicted octanol–water partition coefficient (Wildman–Crippen LogP) is -0.383. The van der Waals surface area contributed by atoms with Crippen LogP contribution in [0.4, 0.5) is 0 Å². The molecule has 90 valence electrons. The molecule has 2 unspecified atom stereocenters. The van der Waals surface area contributed by atoms with E-state index in [0.717, 1.165) is 0 Å². The number of nitrogens with one attached hydrogen (secondary N) is 1. The Morgan fingerprint density at radius 1 is 1.44 bits per heavy atom. The van der Waals surface area contributed by atoms with Crippen molar-refractivity contribution in [1.29, 1.82) is 0 Å². The smallest absolute Gasteiger partial charge is 0.332 e. The van der Waals surface area contributed by atoms with Crippen LogP contribution < -0.4 is 5.32 Å². The molecule has 1 fully saturated rings. The maximum absolute atomic E-state index is 11.5. The van der Waals surface area contributed by atoms with Gasteiger partial charge in [0, 0.05) is 6.92 Å². The molecule has 1 amide bonds. The third-order valence-electron chi connectivity index (χ3n) is 2.48. The van der Waals surface area contributed by atoms with Crippen LogP contribution in [0.2, 0.25) is 0 Å². The molecular weight excluding hydrogens is 214 g/mol. The first-order valence-corrected chi connectivity index (χ1v) is 5.01. The molecule has 6 heteroatoms. The largest absolute Gasteiger partial charge is 0.467 e. The van der Waals surface area contributed by atoms with Crippen LogP contribution in [-0.2, 0) is 23.9 Å². The van der Waals surface area contributed by atoms with E-state index >= 15 is 0 Å². The van der Waals surface area contributed by atoms with Crippen molar-refractivity contribution in [2.75, 3.05) is 13.7 Å². The van der Waals surface area contributed by atoms with Gasteiger partial charge in [-0.3, -0.25) is 9.59 Å². The number of hydrogen-bond donors (Lipinski definition) is 1. The van der Waals surface area contributed by atoms with Crippen molar-refractivity contribution in [3.8, 4) is 0 Å². The quantitative estimate of drug-likeness (QED) is 0.664. The van der Waals surface area contributed by atoms with E-state index < -0.39 is 23.4 Å². The number of hydrogen-bond acceptors (Lipinski definition) is 5. The topological polar surface area (TPSA) is 81.7 Å². The van der Waals surface area contributed by atoms with E-state index in [1.807, 2.05) is 0 Å². The first kappa shape index (κ1) is 12.5. The van der Waals surface area contributed by atoms with Gasteiger partial charge >= 0.3 is 11.9 Å². The summed E-state index contributed by atoms with van der Waals surface area (Å²) >= 11 is 0. The predicted molar refractivity (Wildman–Crippen MR) is 53.3 cm³/mol. The van der Waals surface area contributed by atoms with Gasteiger partial charge in [-0.05, 0) is 13.3 Å². The molecule has 16 heavy (non-hydrogen) atoms. The van der Waals surface area contributed by atoms with Crippen molar-refractivity contribution in [2.45, 2.75) is 25.8 Å². The molecule has 0 heterocycles. The SMILES string of the molecule is CCOC(=O)C1CC1(NC(C)=O)C(=O)OC. The Hall–Kier alpha value is -1.59. The van der Waals surface area contributed by atoms with Crippen LogP contribution in [0, 0.1) is 5.92 Å². The molecule has 0 bridgehead atoms. The summed E-state index contributed by atoms with van der Waals surface area (Å²) in [7, 11) is 1.21. The molecule has 1 aliphatic rings. The minimum absolute atomic E-state index is 0.234. The Balaban J connectivity index is 2.75. The normalized spacial score (nSPS) is 26.8. The highest BCUT2D eigenvalue weighted by Crippen LogP contribution is 2.45. The zero-order chi connectivity index (χ0) is 12.3. The molecule has 0 spiro atoms. The average Bonchev–Trinajstić information content (AvgIpc) is 2.92. The molecule has 0 aromatic rings. The third-order valence-corrected chi connectivity index (χ3v) is 2.48.